The van der Waals surface area contributed by atoms with E-state index in [1.165, 1.54) is 6.92 Å². The molecular weight excluding hydrogens is 240 g/mol. The Morgan fingerprint density at radius 2 is 1.95 bits per heavy atom. The smallest absolute Gasteiger partial charge is 0.227 e. The van der Waals surface area contributed by atoms with Gasteiger partial charge in [0, 0.05) is 23.2 Å². The third-order valence-corrected chi connectivity index (χ3v) is 3.55. The number of hydrogen-bond donors (Lipinski definition) is 2. The summed E-state index contributed by atoms with van der Waals surface area (Å²) in [5.74, 6) is 0.178. The average Bonchev–Trinajstić information content (AvgIpc) is 2.39. The van der Waals surface area contributed by atoms with E-state index < -0.39 is 0 Å². The molecule has 19 heavy (non-hydrogen) atoms. The van der Waals surface area contributed by atoms with Gasteiger partial charge in [-0.15, -0.1) is 0 Å². The van der Waals surface area contributed by atoms with Crippen LogP contribution in [0.3, 0.4) is 0 Å². The number of rotatable bonds is 3. The molecule has 4 heteroatoms. The van der Waals surface area contributed by atoms with Crippen LogP contribution in [0.5, 0.6) is 0 Å². The number of hydrogen-bond acceptors (Lipinski definition) is 3. The molecule has 2 N–H and O–H groups in total. The summed E-state index contributed by atoms with van der Waals surface area (Å²) in [6.45, 7) is 4.52. The lowest BCUT2D eigenvalue weighted by molar-refractivity contribution is -0.120. The first kappa shape index (κ1) is 13.7. The molecule has 1 aromatic rings. The van der Waals surface area contributed by atoms with Crippen molar-refractivity contribution in [3.8, 4) is 0 Å². The standard InChI is InChI=1S/C15H20N2O2/c1-10-9-13(7-8-16-10)15(19)17-14-5-3-12(4-6-14)11(2)18/h3-6,10,13,16H,7-9H2,1-2H3,(H,17,19). The van der Waals surface area contributed by atoms with Gasteiger partial charge < -0.3 is 10.6 Å². The number of ketones is 1. The van der Waals surface area contributed by atoms with Crippen molar-refractivity contribution in [3.05, 3.63) is 29.8 Å². The SMILES string of the molecule is CC(=O)c1ccc(NC(=O)C2CCNC(C)C2)cc1. The molecular formula is C15H20N2O2. The Bertz CT molecular complexity index is 468. The molecule has 1 fully saturated rings. The Morgan fingerprint density at radius 1 is 1.26 bits per heavy atom. The van der Waals surface area contributed by atoms with Crippen LogP contribution in [0.1, 0.15) is 37.0 Å². The summed E-state index contributed by atoms with van der Waals surface area (Å²) in [7, 11) is 0. The highest BCUT2D eigenvalue weighted by molar-refractivity contribution is 5.96. The normalized spacial score (nSPS) is 22.8. The highest BCUT2D eigenvalue weighted by atomic mass is 16.2. The Morgan fingerprint density at radius 3 is 2.53 bits per heavy atom. The van der Waals surface area contributed by atoms with Crippen LogP contribution in [0.4, 0.5) is 5.69 Å². The molecule has 0 radical (unpaired) electrons. The zero-order valence-electron chi connectivity index (χ0n) is 11.4. The predicted molar refractivity (Wildman–Crippen MR) is 75.3 cm³/mol. The van der Waals surface area contributed by atoms with Gasteiger partial charge in [0.25, 0.3) is 0 Å². The van der Waals surface area contributed by atoms with Crippen molar-refractivity contribution >= 4 is 17.4 Å². The number of benzene rings is 1. The zero-order chi connectivity index (χ0) is 13.8. The van der Waals surface area contributed by atoms with Gasteiger partial charge >= 0.3 is 0 Å². The zero-order valence-corrected chi connectivity index (χ0v) is 11.4. The molecule has 1 heterocycles. The quantitative estimate of drug-likeness (QED) is 0.819. The second-order valence-electron chi connectivity index (χ2n) is 5.20. The van der Waals surface area contributed by atoms with Crippen molar-refractivity contribution in [1.29, 1.82) is 0 Å². The fourth-order valence-corrected chi connectivity index (χ4v) is 2.40. The van der Waals surface area contributed by atoms with Crippen LogP contribution >= 0.6 is 0 Å². The highest BCUT2D eigenvalue weighted by Crippen LogP contribution is 2.19. The van der Waals surface area contributed by atoms with Crippen molar-refractivity contribution in [2.24, 2.45) is 5.92 Å². The number of amides is 1. The summed E-state index contributed by atoms with van der Waals surface area (Å²) in [5.41, 5.74) is 1.41. The molecule has 2 rings (SSSR count). The first-order valence-electron chi connectivity index (χ1n) is 6.71. The fraction of sp³-hybridized carbons (Fsp3) is 0.467. The number of carbonyl (C=O) groups excluding carboxylic acids is 2. The fourth-order valence-electron chi connectivity index (χ4n) is 2.40. The van der Waals surface area contributed by atoms with Crippen LogP contribution in [0, 0.1) is 5.92 Å². The number of carbonyl (C=O) groups is 2. The molecule has 0 bridgehead atoms. The lowest BCUT2D eigenvalue weighted by Crippen LogP contribution is -2.40. The minimum atomic E-state index is 0.0325. The van der Waals surface area contributed by atoms with Crippen LogP contribution in [-0.4, -0.2) is 24.3 Å². The molecule has 1 aliphatic rings. The van der Waals surface area contributed by atoms with Gasteiger partial charge in [-0.1, -0.05) is 0 Å². The van der Waals surface area contributed by atoms with Crippen molar-refractivity contribution in [1.82, 2.24) is 5.32 Å². The Balaban J connectivity index is 1.96. The molecule has 0 aromatic heterocycles. The lowest BCUT2D eigenvalue weighted by atomic mass is 9.92. The second-order valence-corrected chi connectivity index (χ2v) is 5.20. The highest BCUT2D eigenvalue weighted by Gasteiger charge is 2.24. The summed E-state index contributed by atoms with van der Waals surface area (Å²) >= 11 is 0. The van der Waals surface area contributed by atoms with Crippen molar-refractivity contribution in [3.63, 3.8) is 0 Å². The number of Topliss-reactive ketones (excluding diaryl/α,β-unsaturated/α-hetero) is 1. The van der Waals surface area contributed by atoms with Gasteiger partial charge in [-0.2, -0.15) is 0 Å². The Kier molecular flexibility index (Phi) is 4.32. The van der Waals surface area contributed by atoms with Gasteiger partial charge in [-0.05, 0) is 57.5 Å². The van der Waals surface area contributed by atoms with Crippen LogP contribution in [0.25, 0.3) is 0 Å². The van der Waals surface area contributed by atoms with Gasteiger partial charge in [0.05, 0.1) is 0 Å². The van der Waals surface area contributed by atoms with Crippen LogP contribution in [-0.2, 0) is 4.79 Å². The molecule has 0 spiro atoms. The van der Waals surface area contributed by atoms with Crippen molar-refractivity contribution in [2.45, 2.75) is 32.7 Å². The van der Waals surface area contributed by atoms with E-state index in [0.29, 0.717) is 11.6 Å². The number of anilines is 1. The maximum Gasteiger partial charge on any atom is 0.227 e. The summed E-state index contributed by atoms with van der Waals surface area (Å²) < 4.78 is 0. The molecule has 102 valence electrons. The third kappa shape index (κ3) is 3.64. The monoisotopic (exact) mass is 260 g/mol. The van der Waals surface area contributed by atoms with Crippen molar-refractivity contribution < 1.29 is 9.59 Å². The minimum absolute atomic E-state index is 0.0325. The van der Waals surface area contributed by atoms with Crippen LogP contribution in [0.15, 0.2) is 24.3 Å². The molecule has 1 aliphatic heterocycles. The molecule has 4 nitrogen and oxygen atoms in total. The first-order valence-corrected chi connectivity index (χ1v) is 6.71. The molecule has 1 amide bonds. The average molecular weight is 260 g/mol. The number of piperidine rings is 1. The number of nitrogens with one attached hydrogen (secondary N) is 2. The van der Waals surface area contributed by atoms with Gasteiger partial charge in [-0.25, -0.2) is 0 Å². The van der Waals surface area contributed by atoms with E-state index in [1.54, 1.807) is 24.3 Å². The van der Waals surface area contributed by atoms with E-state index in [4.69, 9.17) is 0 Å². The van der Waals surface area contributed by atoms with E-state index in [0.717, 1.165) is 25.1 Å². The Hall–Kier alpha value is -1.68. The van der Waals surface area contributed by atoms with E-state index in [2.05, 4.69) is 17.6 Å². The molecule has 0 aliphatic carbocycles. The predicted octanol–water partition coefficient (Wildman–Crippen LogP) is 2.22. The first-order chi connectivity index (χ1) is 9.06. The maximum absolute atomic E-state index is 12.1. The molecule has 1 saturated heterocycles. The summed E-state index contributed by atoms with van der Waals surface area (Å²) in [5, 5.41) is 6.25. The summed E-state index contributed by atoms with van der Waals surface area (Å²) in [4.78, 5) is 23.3. The van der Waals surface area contributed by atoms with E-state index >= 15 is 0 Å². The molecule has 1 aromatic carbocycles. The van der Waals surface area contributed by atoms with Crippen molar-refractivity contribution in [2.75, 3.05) is 11.9 Å². The molecule has 2 unspecified atom stereocenters. The second kappa shape index (κ2) is 5.97. The van der Waals surface area contributed by atoms with E-state index in [-0.39, 0.29) is 17.6 Å². The topological polar surface area (TPSA) is 58.2 Å². The lowest BCUT2D eigenvalue weighted by Gasteiger charge is -2.27. The van der Waals surface area contributed by atoms with Crippen LogP contribution < -0.4 is 10.6 Å². The summed E-state index contributed by atoms with van der Waals surface area (Å²) in [6.07, 6.45) is 1.75. The largest absolute Gasteiger partial charge is 0.326 e. The van der Waals surface area contributed by atoms with Gasteiger partial charge in [-0.3, -0.25) is 9.59 Å². The summed E-state index contributed by atoms with van der Waals surface area (Å²) in [6, 6.07) is 7.43. The van der Waals surface area contributed by atoms with Gasteiger partial charge in [0.15, 0.2) is 5.78 Å². The Labute approximate surface area is 113 Å². The van der Waals surface area contributed by atoms with Gasteiger partial charge in [0.2, 0.25) is 5.91 Å². The maximum atomic E-state index is 12.1. The van der Waals surface area contributed by atoms with E-state index in [9.17, 15) is 9.59 Å². The van der Waals surface area contributed by atoms with Gasteiger partial charge in [0.1, 0.15) is 0 Å². The van der Waals surface area contributed by atoms with E-state index in [1.807, 2.05) is 0 Å². The third-order valence-electron chi connectivity index (χ3n) is 3.55. The minimum Gasteiger partial charge on any atom is -0.326 e. The molecule has 2 atom stereocenters. The molecule has 0 saturated carbocycles. The van der Waals surface area contributed by atoms with Crippen LogP contribution in [0.2, 0.25) is 0 Å².